The van der Waals surface area contributed by atoms with Gasteiger partial charge in [0.2, 0.25) is 0 Å². The van der Waals surface area contributed by atoms with Gasteiger partial charge in [-0.15, -0.1) is 0 Å². The average Bonchev–Trinajstić information content (AvgIpc) is 2.60. The number of amides is 2. The van der Waals surface area contributed by atoms with Crippen molar-refractivity contribution in [3.63, 3.8) is 0 Å². The Bertz CT molecular complexity index is 899. The van der Waals surface area contributed by atoms with Gasteiger partial charge in [0.25, 0.3) is 0 Å². The van der Waals surface area contributed by atoms with Gasteiger partial charge in [-0.05, 0) is 28.8 Å². The highest BCUT2D eigenvalue weighted by Gasteiger charge is 2.09. The summed E-state index contributed by atoms with van der Waals surface area (Å²) in [6.07, 6.45) is 1.20. The first-order valence-corrected chi connectivity index (χ1v) is 10.1. The van der Waals surface area contributed by atoms with E-state index in [1.54, 1.807) is 48.3 Å². The third kappa shape index (κ3) is 6.22. The van der Waals surface area contributed by atoms with E-state index in [0.29, 0.717) is 18.7 Å². The summed E-state index contributed by atoms with van der Waals surface area (Å²) < 4.78 is 22.6. The molecule has 2 aromatic carbocycles. The molecule has 0 saturated heterocycles. The number of hydrogen-bond acceptors (Lipinski definition) is 4. The van der Waals surface area contributed by atoms with E-state index < -0.39 is 9.84 Å². The van der Waals surface area contributed by atoms with Crippen molar-refractivity contribution in [1.82, 2.24) is 10.2 Å². The van der Waals surface area contributed by atoms with Crippen molar-refractivity contribution in [1.29, 1.82) is 5.26 Å². The summed E-state index contributed by atoms with van der Waals surface area (Å²) in [5, 5.41) is 11.6. The summed E-state index contributed by atoms with van der Waals surface area (Å²) in [5.74, 6) is 0.00691. The molecule has 6 nitrogen and oxygen atoms in total. The van der Waals surface area contributed by atoms with Gasteiger partial charge >= 0.3 is 6.03 Å². The summed E-state index contributed by atoms with van der Waals surface area (Å²) in [4.78, 5) is 13.7. The molecule has 136 valence electrons. The third-order valence-corrected chi connectivity index (χ3v) is 4.60. The molecule has 0 spiro atoms. The number of benzene rings is 2. The molecule has 1 N–H and O–H groups in total. The van der Waals surface area contributed by atoms with Gasteiger partial charge in [0.15, 0.2) is 9.84 Å². The van der Waals surface area contributed by atoms with E-state index in [1.165, 1.54) is 6.26 Å². The number of nitriles is 1. The molecule has 0 fully saturated rings. The molecular weight excluding hydrogens is 350 g/mol. The van der Waals surface area contributed by atoms with Crippen LogP contribution in [-0.4, -0.2) is 32.7 Å². The van der Waals surface area contributed by atoms with Gasteiger partial charge in [0, 0.05) is 26.4 Å². The SMILES string of the molecule is CN(Cc1ccc(C#N)cc1)C(=O)NCc1ccc(CS(C)(=O)=O)cc1. The lowest BCUT2D eigenvalue weighted by Gasteiger charge is -2.18. The lowest BCUT2D eigenvalue weighted by atomic mass is 10.1. The van der Waals surface area contributed by atoms with Gasteiger partial charge in [0.1, 0.15) is 0 Å². The van der Waals surface area contributed by atoms with Crippen LogP contribution in [0.1, 0.15) is 22.3 Å². The Morgan fingerprint density at radius 2 is 1.58 bits per heavy atom. The van der Waals surface area contributed by atoms with Crippen LogP contribution in [0.15, 0.2) is 48.5 Å². The Kier molecular flexibility index (Phi) is 6.36. The number of nitrogens with one attached hydrogen (secondary N) is 1. The van der Waals surface area contributed by atoms with Gasteiger partial charge < -0.3 is 10.2 Å². The smallest absolute Gasteiger partial charge is 0.317 e. The van der Waals surface area contributed by atoms with Crippen LogP contribution in [0.5, 0.6) is 0 Å². The van der Waals surface area contributed by atoms with Gasteiger partial charge in [0.05, 0.1) is 17.4 Å². The highest BCUT2D eigenvalue weighted by Crippen LogP contribution is 2.09. The van der Waals surface area contributed by atoms with E-state index in [-0.39, 0.29) is 11.8 Å². The number of carbonyl (C=O) groups excluding carboxylic acids is 1. The molecule has 26 heavy (non-hydrogen) atoms. The summed E-state index contributed by atoms with van der Waals surface area (Å²) in [5.41, 5.74) is 3.13. The first-order valence-electron chi connectivity index (χ1n) is 8.00. The minimum absolute atomic E-state index is 0.00691. The van der Waals surface area contributed by atoms with Crippen LogP contribution in [0, 0.1) is 11.3 Å². The maximum atomic E-state index is 12.2. The zero-order chi connectivity index (χ0) is 19.2. The maximum absolute atomic E-state index is 12.2. The van der Waals surface area contributed by atoms with Crippen LogP contribution < -0.4 is 5.32 Å². The van der Waals surface area contributed by atoms with Gasteiger partial charge in [-0.25, -0.2) is 13.2 Å². The van der Waals surface area contributed by atoms with E-state index in [2.05, 4.69) is 11.4 Å². The highest BCUT2D eigenvalue weighted by molar-refractivity contribution is 7.89. The Morgan fingerprint density at radius 3 is 2.12 bits per heavy atom. The predicted molar refractivity (Wildman–Crippen MR) is 99.8 cm³/mol. The second-order valence-corrected chi connectivity index (χ2v) is 8.35. The van der Waals surface area contributed by atoms with Crippen molar-refractivity contribution < 1.29 is 13.2 Å². The minimum Gasteiger partial charge on any atom is -0.334 e. The van der Waals surface area contributed by atoms with E-state index in [4.69, 9.17) is 5.26 Å². The maximum Gasteiger partial charge on any atom is 0.317 e. The van der Waals surface area contributed by atoms with Crippen molar-refractivity contribution in [2.75, 3.05) is 13.3 Å². The quantitative estimate of drug-likeness (QED) is 0.844. The van der Waals surface area contributed by atoms with Crippen LogP contribution in [-0.2, 0) is 28.7 Å². The normalized spacial score (nSPS) is 10.8. The van der Waals surface area contributed by atoms with Gasteiger partial charge in [-0.3, -0.25) is 0 Å². The first kappa shape index (κ1) is 19.5. The molecule has 0 unspecified atom stereocenters. The van der Waals surface area contributed by atoms with E-state index in [1.807, 2.05) is 12.1 Å². The molecule has 2 rings (SSSR count). The van der Waals surface area contributed by atoms with Gasteiger partial charge in [-0.2, -0.15) is 5.26 Å². The summed E-state index contributed by atoms with van der Waals surface area (Å²) in [7, 11) is -1.36. The van der Waals surface area contributed by atoms with Crippen molar-refractivity contribution >= 4 is 15.9 Å². The van der Waals surface area contributed by atoms with Crippen LogP contribution in [0.2, 0.25) is 0 Å². The van der Waals surface area contributed by atoms with E-state index in [0.717, 1.165) is 16.7 Å². The van der Waals surface area contributed by atoms with Crippen molar-refractivity contribution in [3.8, 4) is 6.07 Å². The predicted octanol–water partition coefficient (Wildman–Crippen LogP) is 2.44. The highest BCUT2D eigenvalue weighted by atomic mass is 32.2. The zero-order valence-electron chi connectivity index (χ0n) is 14.8. The summed E-state index contributed by atoms with van der Waals surface area (Å²) in [6, 6.07) is 16.1. The molecule has 0 radical (unpaired) electrons. The molecule has 0 bridgehead atoms. The van der Waals surface area contributed by atoms with E-state index in [9.17, 15) is 13.2 Å². The molecule has 2 aromatic rings. The lowest BCUT2D eigenvalue weighted by molar-refractivity contribution is 0.206. The molecule has 2 amide bonds. The second kappa shape index (κ2) is 8.50. The fourth-order valence-corrected chi connectivity index (χ4v) is 3.20. The largest absolute Gasteiger partial charge is 0.334 e. The Morgan fingerprint density at radius 1 is 1.04 bits per heavy atom. The fraction of sp³-hybridized carbons (Fsp3) is 0.263. The third-order valence-electron chi connectivity index (χ3n) is 3.75. The number of sulfone groups is 1. The van der Waals surface area contributed by atoms with Crippen molar-refractivity contribution in [2.45, 2.75) is 18.8 Å². The molecule has 0 aliphatic heterocycles. The molecule has 0 atom stereocenters. The van der Waals surface area contributed by atoms with E-state index >= 15 is 0 Å². The number of urea groups is 1. The van der Waals surface area contributed by atoms with Crippen molar-refractivity contribution in [2.24, 2.45) is 0 Å². The second-order valence-electron chi connectivity index (χ2n) is 6.21. The van der Waals surface area contributed by atoms with Crippen LogP contribution in [0.3, 0.4) is 0 Å². The van der Waals surface area contributed by atoms with Crippen LogP contribution >= 0.6 is 0 Å². The molecule has 0 aliphatic rings. The van der Waals surface area contributed by atoms with Gasteiger partial charge in [-0.1, -0.05) is 36.4 Å². The number of nitrogens with zero attached hydrogens (tertiary/aromatic N) is 2. The number of hydrogen-bond donors (Lipinski definition) is 1. The summed E-state index contributed by atoms with van der Waals surface area (Å²) >= 11 is 0. The standard InChI is InChI=1S/C19H21N3O3S/c1-22(13-17-7-3-15(11-20)4-8-17)19(23)21-12-16-5-9-18(10-6-16)14-26(2,24)25/h3-10H,12-14H2,1-2H3,(H,21,23). The molecule has 0 saturated carbocycles. The molecule has 0 aliphatic carbocycles. The summed E-state index contributed by atoms with van der Waals surface area (Å²) in [6.45, 7) is 0.792. The lowest BCUT2D eigenvalue weighted by Crippen LogP contribution is -2.36. The molecule has 0 heterocycles. The molecular formula is C19H21N3O3S. The fourth-order valence-electron chi connectivity index (χ4n) is 2.40. The topological polar surface area (TPSA) is 90.3 Å². The Hall–Kier alpha value is -2.85. The number of rotatable bonds is 6. The van der Waals surface area contributed by atoms with Crippen LogP contribution in [0.25, 0.3) is 0 Å². The number of carbonyl (C=O) groups is 1. The van der Waals surface area contributed by atoms with Crippen molar-refractivity contribution in [3.05, 3.63) is 70.8 Å². The Labute approximate surface area is 154 Å². The zero-order valence-corrected chi connectivity index (χ0v) is 15.6. The monoisotopic (exact) mass is 371 g/mol. The Balaban J connectivity index is 1.86. The first-order chi connectivity index (χ1) is 12.3. The van der Waals surface area contributed by atoms with Crippen LogP contribution in [0.4, 0.5) is 4.79 Å². The minimum atomic E-state index is -3.06. The molecule has 7 heteroatoms. The average molecular weight is 371 g/mol. The molecule has 0 aromatic heterocycles.